The summed E-state index contributed by atoms with van der Waals surface area (Å²) in [5.74, 6) is 2.10. The van der Waals surface area contributed by atoms with Crippen LogP contribution in [0.25, 0.3) is 0 Å². The number of nitrogens with one attached hydrogen (secondary N) is 2. The van der Waals surface area contributed by atoms with Crippen molar-refractivity contribution in [3.05, 3.63) is 41.5 Å². The van der Waals surface area contributed by atoms with Crippen molar-refractivity contribution in [2.75, 3.05) is 11.9 Å². The molecule has 0 saturated carbocycles. The molecule has 132 valence electrons. The van der Waals surface area contributed by atoms with Crippen LogP contribution in [0, 0.1) is 0 Å². The van der Waals surface area contributed by atoms with E-state index in [1.807, 2.05) is 12.1 Å². The van der Waals surface area contributed by atoms with E-state index in [0.29, 0.717) is 5.92 Å². The van der Waals surface area contributed by atoms with Crippen LogP contribution in [0.1, 0.15) is 43.4 Å². The van der Waals surface area contributed by atoms with Gasteiger partial charge in [0.2, 0.25) is 11.8 Å². The average Bonchev–Trinajstić information content (AvgIpc) is 3.03. The van der Waals surface area contributed by atoms with E-state index in [2.05, 4.69) is 44.5 Å². The van der Waals surface area contributed by atoms with E-state index in [1.54, 1.807) is 0 Å². The summed E-state index contributed by atoms with van der Waals surface area (Å²) in [5.41, 5.74) is 1.98. The summed E-state index contributed by atoms with van der Waals surface area (Å²) in [7, 11) is 0. The molecule has 0 saturated heterocycles. The standard InChI is InChI=1S/C18H23N5O2/c1-3-16-21-22-17-9-6-14(11-23(16)17)13-4-7-15(8-5-13)20-18(25)10-19-12(2)24/h4-5,7-8,14H,3,6,9-11H2,1-2H3,(H,19,24)(H,20,25)/t14-/m0/s1. The predicted molar refractivity (Wildman–Crippen MR) is 94.2 cm³/mol. The number of hydrogen-bond donors (Lipinski definition) is 2. The van der Waals surface area contributed by atoms with E-state index in [0.717, 1.165) is 43.1 Å². The van der Waals surface area contributed by atoms with Gasteiger partial charge in [-0.15, -0.1) is 10.2 Å². The first-order valence-electron chi connectivity index (χ1n) is 8.62. The second kappa shape index (κ2) is 7.46. The van der Waals surface area contributed by atoms with Crippen LogP contribution < -0.4 is 10.6 Å². The van der Waals surface area contributed by atoms with Gasteiger partial charge in [-0.1, -0.05) is 19.1 Å². The number of nitrogens with zero attached hydrogens (tertiary/aromatic N) is 3. The number of hydrogen-bond acceptors (Lipinski definition) is 4. The van der Waals surface area contributed by atoms with Crippen molar-refractivity contribution >= 4 is 17.5 Å². The molecule has 1 atom stereocenters. The van der Waals surface area contributed by atoms with Gasteiger partial charge in [-0.25, -0.2) is 0 Å². The highest BCUT2D eigenvalue weighted by molar-refractivity contribution is 5.94. The molecule has 2 N–H and O–H groups in total. The van der Waals surface area contributed by atoms with Gasteiger partial charge in [-0.3, -0.25) is 9.59 Å². The number of anilines is 1. The summed E-state index contributed by atoms with van der Waals surface area (Å²) in [6, 6.07) is 7.92. The highest BCUT2D eigenvalue weighted by atomic mass is 16.2. The van der Waals surface area contributed by atoms with Gasteiger partial charge in [-0.2, -0.15) is 0 Å². The van der Waals surface area contributed by atoms with Crippen molar-refractivity contribution in [3.8, 4) is 0 Å². The minimum Gasteiger partial charge on any atom is -0.347 e. The zero-order valence-electron chi connectivity index (χ0n) is 14.6. The Bertz CT molecular complexity index is 753. The fourth-order valence-corrected chi connectivity index (χ4v) is 3.17. The van der Waals surface area contributed by atoms with Crippen LogP contribution in [0.15, 0.2) is 24.3 Å². The van der Waals surface area contributed by atoms with E-state index >= 15 is 0 Å². The summed E-state index contributed by atoms with van der Waals surface area (Å²) in [4.78, 5) is 22.6. The number of carbonyl (C=O) groups excluding carboxylic acids is 2. The first-order chi connectivity index (χ1) is 12.1. The topological polar surface area (TPSA) is 88.9 Å². The molecule has 1 aliphatic rings. The van der Waals surface area contributed by atoms with Crippen molar-refractivity contribution < 1.29 is 9.59 Å². The molecule has 0 radical (unpaired) electrons. The average molecular weight is 341 g/mol. The zero-order valence-corrected chi connectivity index (χ0v) is 14.6. The fraction of sp³-hybridized carbons (Fsp3) is 0.444. The smallest absolute Gasteiger partial charge is 0.243 e. The van der Waals surface area contributed by atoms with Gasteiger partial charge in [-0.05, 0) is 24.1 Å². The number of aryl methyl sites for hydroxylation is 2. The number of benzene rings is 1. The van der Waals surface area contributed by atoms with Crippen molar-refractivity contribution in [2.24, 2.45) is 0 Å². The zero-order chi connectivity index (χ0) is 17.8. The highest BCUT2D eigenvalue weighted by Gasteiger charge is 2.23. The molecule has 2 aromatic rings. The third-order valence-electron chi connectivity index (χ3n) is 4.50. The SMILES string of the molecule is CCc1nnc2n1C[C@@H](c1ccc(NC(=O)CNC(C)=O)cc1)CC2. The van der Waals surface area contributed by atoms with Crippen molar-refractivity contribution in [3.63, 3.8) is 0 Å². The van der Waals surface area contributed by atoms with Crippen LogP contribution in [0.4, 0.5) is 5.69 Å². The van der Waals surface area contributed by atoms with E-state index in [4.69, 9.17) is 0 Å². The molecular weight excluding hydrogens is 318 g/mol. The predicted octanol–water partition coefficient (Wildman–Crippen LogP) is 1.65. The first-order valence-corrected chi connectivity index (χ1v) is 8.62. The van der Waals surface area contributed by atoms with E-state index in [9.17, 15) is 9.59 Å². The normalized spacial score (nSPS) is 16.2. The molecule has 1 aromatic carbocycles. The van der Waals surface area contributed by atoms with Gasteiger partial charge < -0.3 is 15.2 Å². The molecule has 3 rings (SSSR count). The van der Waals surface area contributed by atoms with Crippen LogP contribution in [0.5, 0.6) is 0 Å². The Morgan fingerprint density at radius 3 is 2.68 bits per heavy atom. The monoisotopic (exact) mass is 341 g/mol. The van der Waals surface area contributed by atoms with Gasteiger partial charge in [0.15, 0.2) is 0 Å². The van der Waals surface area contributed by atoms with Crippen LogP contribution in [0.2, 0.25) is 0 Å². The summed E-state index contributed by atoms with van der Waals surface area (Å²) < 4.78 is 2.23. The number of fused-ring (bicyclic) bond motifs is 1. The third kappa shape index (κ3) is 4.04. The summed E-state index contributed by atoms with van der Waals surface area (Å²) in [6.45, 7) is 4.37. The van der Waals surface area contributed by atoms with Crippen LogP contribution in [0.3, 0.4) is 0 Å². The Morgan fingerprint density at radius 2 is 2.00 bits per heavy atom. The van der Waals surface area contributed by atoms with E-state index in [1.165, 1.54) is 12.5 Å². The molecule has 0 spiro atoms. The maximum absolute atomic E-state index is 11.7. The molecule has 2 amide bonds. The molecule has 0 bridgehead atoms. The lowest BCUT2D eigenvalue weighted by atomic mass is 9.91. The van der Waals surface area contributed by atoms with Gasteiger partial charge in [0.25, 0.3) is 0 Å². The molecule has 0 fully saturated rings. The summed E-state index contributed by atoms with van der Waals surface area (Å²) in [5, 5.41) is 13.8. The molecule has 1 aliphatic heterocycles. The Morgan fingerprint density at radius 1 is 1.24 bits per heavy atom. The number of aromatic nitrogens is 3. The molecule has 25 heavy (non-hydrogen) atoms. The largest absolute Gasteiger partial charge is 0.347 e. The first kappa shape index (κ1) is 17.1. The Labute approximate surface area is 146 Å². The van der Waals surface area contributed by atoms with Crippen LogP contribution in [-0.4, -0.2) is 33.1 Å². The lowest BCUT2D eigenvalue weighted by Gasteiger charge is -2.24. The molecule has 7 heteroatoms. The Hall–Kier alpha value is -2.70. The van der Waals surface area contributed by atoms with Crippen LogP contribution >= 0.6 is 0 Å². The molecular formula is C18H23N5O2. The molecule has 0 aliphatic carbocycles. The van der Waals surface area contributed by atoms with Crippen LogP contribution in [-0.2, 0) is 29.0 Å². The van der Waals surface area contributed by atoms with E-state index < -0.39 is 0 Å². The quantitative estimate of drug-likeness (QED) is 0.865. The minimum atomic E-state index is -0.234. The second-order valence-electron chi connectivity index (χ2n) is 6.31. The van der Waals surface area contributed by atoms with E-state index in [-0.39, 0.29) is 18.4 Å². The van der Waals surface area contributed by atoms with Crippen molar-refractivity contribution in [1.29, 1.82) is 0 Å². The minimum absolute atomic E-state index is 0.0179. The maximum atomic E-state index is 11.7. The fourth-order valence-electron chi connectivity index (χ4n) is 3.17. The third-order valence-corrected chi connectivity index (χ3v) is 4.50. The Balaban J connectivity index is 1.63. The molecule has 2 heterocycles. The molecule has 0 unspecified atom stereocenters. The molecule has 7 nitrogen and oxygen atoms in total. The van der Waals surface area contributed by atoms with Crippen molar-refractivity contribution in [1.82, 2.24) is 20.1 Å². The number of carbonyl (C=O) groups is 2. The second-order valence-corrected chi connectivity index (χ2v) is 6.31. The van der Waals surface area contributed by atoms with Gasteiger partial charge in [0, 0.05) is 37.9 Å². The highest BCUT2D eigenvalue weighted by Crippen LogP contribution is 2.29. The lowest BCUT2D eigenvalue weighted by Crippen LogP contribution is -2.31. The summed E-state index contributed by atoms with van der Waals surface area (Å²) in [6.07, 6.45) is 2.88. The maximum Gasteiger partial charge on any atom is 0.243 e. The number of amides is 2. The number of rotatable bonds is 5. The lowest BCUT2D eigenvalue weighted by molar-refractivity contribution is -0.122. The summed E-state index contributed by atoms with van der Waals surface area (Å²) >= 11 is 0. The molecule has 1 aromatic heterocycles. The van der Waals surface area contributed by atoms with Gasteiger partial charge in [0.05, 0.1) is 6.54 Å². The van der Waals surface area contributed by atoms with Gasteiger partial charge in [0.1, 0.15) is 11.6 Å². The van der Waals surface area contributed by atoms with Crippen molar-refractivity contribution in [2.45, 2.75) is 45.6 Å². The Kier molecular flexibility index (Phi) is 5.11. The van der Waals surface area contributed by atoms with Gasteiger partial charge >= 0.3 is 0 Å².